The second kappa shape index (κ2) is 7.62. The van der Waals surface area contributed by atoms with Crippen LogP contribution in [0.25, 0.3) is 6.08 Å². The number of allylic oxidation sites excluding steroid dienone is 1. The number of ketones is 1. The second-order valence-corrected chi connectivity index (χ2v) is 7.34. The molecule has 0 bridgehead atoms. The Kier molecular flexibility index (Phi) is 5.03. The topological polar surface area (TPSA) is 52.6 Å². The van der Waals surface area contributed by atoms with E-state index < -0.39 is 5.97 Å². The van der Waals surface area contributed by atoms with Gasteiger partial charge in [0.25, 0.3) is 0 Å². The third-order valence-electron chi connectivity index (χ3n) is 4.12. The fraction of sp³-hybridized carbons (Fsp3) is 0. The maximum absolute atomic E-state index is 12.6. The second-order valence-electron chi connectivity index (χ2n) is 6.02. The van der Waals surface area contributed by atoms with Crippen molar-refractivity contribution in [3.05, 3.63) is 98.7 Å². The minimum absolute atomic E-state index is 0.166. The van der Waals surface area contributed by atoms with Gasteiger partial charge in [-0.25, -0.2) is 4.79 Å². The van der Waals surface area contributed by atoms with E-state index in [9.17, 15) is 9.59 Å². The molecule has 0 fully saturated rings. The number of hydrogen-bond donors (Lipinski definition) is 0. The molecule has 0 spiro atoms. The molecule has 1 aliphatic rings. The van der Waals surface area contributed by atoms with Gasteiger partial charge in [0, 0.05) is 15.6 Å². The minimum Gasteiger partial charge on any atom is -0.452 e. The first-order chi connectivity index (χ1) is 13.5. The molecule has 0 amide bonds. The van der Waals surface area contributed by atoms with Crippen molar-refractivity contribution < 1.29 is 19.1 Å². The number of halogens is 2. The van der Waals surface area contributed by atoms with Gasteiger partial charge in [-0.2, -0.15) is 0 Å². The number of rotatable bonds is 3. The van der Waals surface area contributed by atoms with E-state index >= 15 is 0 Å². The number of ether oxygens (including phenoxy) is 2. The van der Waals surface area contributed by atoms with Crippen molar-refractivity contribution in [3.8, 4) is 11.5 Å². The van der Waals surface area contributed by atoms with Crippen LogP contribution in [0.1, 0.15) is 26.3 Å². The fourth-order valence-corrected chi connectivity index (χ4v) is 3.17. The summed E-state index contributed by atoms with van der Waals surface area (Å²) in [6, 6.07) is 18.7. The zero-order chi connectivity index (χ0) is 19.7. The van der Waals surface area contributed by atoms with Crippen LogP contribution in [-0.4, -0.2) is 11.8 Å². The summed E-state index contributed by atoms with van der Waals surface area (Å²) < 4.78 is 11.9. The van der Waals surface area contributed by atoms with Crippen molar-refractivity contribution in [1.29, 1.82) is 0 Å². The van der Waals surface area contributed by atoms with Crippen molar-refractivity contribution in [1.82, 2.24) is 0 Å². The van der Waals surface area contributed by atoms with Crippen molar-refractivity contribution in [2.24, 2.45) is 0 Å². The van der Waals surface area contributed by atoms with E-state index in [2.05, 4.69) is 15.9 Å². The van der Waals surface area contributed by atoms with Gasteiger partial charge < -0.3 is 9.47 Å². The van der Waals surface area contributed by atoms with Gasteiger partial charge in [0.05, 0.1) is 11.1 Å². The summed E-state index contributed by atoms with van der Waals surface area (Å²) in [5.74, 6) is 0.0478. The van der Waals surface area contributed by atoms with Crippen LogP contribution in [0.5, 0.6) is 11.5 Å². The smallest absolute Gasteiger partial charge is 0.343 e. The molecule has 4 rings (SSSR count). The highest BCUT2D eigenvalue weighted by molar-refractivity contribution is 9.10. The molecule has 3 aromatic rings. The third kappa shape index (κ3) is 3.72. The summed E-state index contributed by atoms with van der Waals surface area (Å²) >= 11 is 9.46. The molecule has 138 valence electrons. The highest BCUT2D eigenvalue weighted by Gasteiger charge is 2.28. The van der Waals surface area contributed by atoms with Gasteiger partial charge in [-0.1, -0.05) is 45.7 Å². The summed E-state index contributed by atoms with van der Waals surface area (Å²) in [6.45, 7) is 0. The first kappa shape index (κ1) is 18.5. The Morgan fingerprint density at radius 3 is 2.54 bits per heavy atom. The summed E-state index contributed by atoms with van der Waals surface area (Å²) in [4.78, 5) is 24.8. The van der Waals surface area contributed by atoms with Gasteiger partial charge in [0.2, 0.25) is 5.78 Å². The molecule has 3 aromatic carbocycles. The molecule has 0 atom stereocenters. The SMILES string of the molecule is O=C(Oc1ccc2c(c1)O/C(=C\c1ccccc1Cl)C2=O)c1ccc(Br)cc1. The summed E-state index contributed by atoms with van der Waals surface area (Å²) in [6.07, 6.45) is 1.60. The molecule has 4 nitrogen and oxygen atoms in total. The van der Waals surface area contributed by atoms with Gasteiger partial charge >= 0.3 is 5.97 Å². The van der Waals surface area contributed by atoms with Crippen molar-refractivity contribution >= 4 is 45.4 Å². The molecule has 0 saturated carbocycles. The Hall–Kier alpha value is -2.89. The number of benzene rings is 3. The van der Waals surface area contributed by atoms with E-state index in [-0.39, 0.29) is 11.5 Å². The quantitative estimate of drug-likeness (QED) is 0.279. The molecule has 0 radical (unpaired) electrons. The lowest BCUT2D eigenvalue weighted by molar-refractivity contribution is 0.0734. The van der Waals surface area contributed by atoms with E-state index in [0.29, 0.717) is 33.2 Å². The first-order valence-electron chi connectivity index (χ1n) is 8.32. The van der Waals surface area contributed by atoms with Crippen molar-refractivity contribution in [3.63, 3.8) is 0 Å². The molecule has 0 N–H and O–H groups in total. The van der Waals surface area contributed by atoms with Gasteiger partial charge in [-0.15, -0.1) is 0 Å². The van der Waals surface area contributed by atoms with Crippen LogP contribution in [0.4, 0.5) is 0 Å². The molecule has 1 heterocycles. The van der Waals surface area contributed by atoms with Crippen LogP contribution < -0.4 is 9.47 Å². The standard InChI is InChI=1S/C22H12BrClO4/c23-15-7-5-13(6-8-15)22(26)27-16-9-10-17-19(12-16)28-20(21(17)25)11-14-3-1-2-4-18(14)24/h1-12H/b20-11-. The highest BCUT2D eigenvalue weighted by Crippen LogP contribution is 2.35. The lowest BCUT2D eigenvalue weighted by Crippen LogP contribution is -2.08. The Bertz CT molecular complexity index is 1120. The molecular formula is C22H12BrClO4. The summed E-state index contributed by atoms with van der Waals surface area (Å²) in [5.41, 5.74) is 1.50. The predicted molar refractivity (Wildman–Crippen MR) is 110 cm³/mol. The highest BCUT2D eigenvalue weighted by atomic mass is 79.9. The number of fused-ring (bicyclic) bond motifs is 1. The molecular weight excluding hydrogens is 444 g/mol. The molecule has 1 aliphatic heterocycles. The Labute approximate surface area is 174 Å². The number of hydrogen-bond acceptors (Lipinski definition) is 4. The monoisotopic (exact) mass is 454 g/mol. The molecule has 0 aromatic heterocycles. The molecule has 0 saturated heterocycles. The van der Waals surface area contributed by atoms with Crippen LogP contribution >= 0.6 is 27.5 Å². The van der Waals surface area contributed by atoms with E-state index in [1.54, 1.807) is 54.6 Å². The molecule has 0 unspecified atom stereocenters. The zero-order valence-electron chi connectivity index (χ0n) is 14.3. The van der Waals surface area contributed by atoms with Gasteiger partial charge in [0.1, 0.15) is 11.5 Å². The molecule has 0 aliphatic carbocycles. The number of carbonyl (C=O) groups excluding carboxylic acids is 2. The Balaban J connectivity index is 1.56. The Morgan fingerprint density at radius 1 is 1.04 bits per heavy atom. The van der Waals surface area contributed by atoms with Gasteiger partial charge in [0.15, 0.2) is 5.76 Å². The van der Waals surface area contributed by atoms with Crippen LogP contribution in [0, 0.1) is 0 Å². The van der Waals surface area contributed by atoms with E-state index in [1.165, 1.54) is 6.07 Å². The maximum Gasteiger partial charge on any atom is 0.343 e. The van der Waals surface area contributed by atoms with Gasteiger partial charge in [-0.05, 0) is 54.1 Å². The maximum atomic E-state index is 12.6. The minimum atomic E-state index is -0.497. The van der Waals surface area contributed by atoms with E-state index in [4.69, 9.17) is 21.1 Å². The van der Waals surface area contributed by atoms with E-state index in [0.717, 1.165) is 4.47 Å². The summed E-state index contributed by atoms with van der Waals surface area (Å²) in [5, 5.41) is 0.520. The number of esters is 1. The van der Waals surface area contributed by atoms with Gasteiger partial charge in [-0.3, -0.25) is 4.79 Å². The zero-order valence-corrected chi connectivity index (χ0v) is 16.7. The van der Waals surface area contributed by atoms with Crippen molar-refractivity contribution in [2.75, 3.05) is 0 Å². The lowest BCUT2D eigenvalue weighted by Gasteiger charge is -2.06. The summed E-state index contributed by atoms with van der Waals surface area (Å²) in [7, 11) is 0. The van der Waals surface area contributed by atoms with Crippen LogP contribution in [-0.2, 0) is 0 Å². The average Bonchev–Trinajstić information content (AvgIpc) is 2.99. The molecule has 28 heavy (non-hydrogen) atoms. The lowest BCUT2D eigenvalue weighted by atomic mass is 10.1. The molecule has 6 heteroatoms. The van der Waals surface area contributed by atoms with E-state index in [1.807, 2.05) is 12.1 Å². The van der Waals surface area contributed by atoms with Crippen LogP contribution in [0.3, 0.4) is 0 Å². The number of carbonyl (C=O) groups is 2. The Morgan fingerprint density at radius 2 is 1.79 bits per heavy atom. The van der Waals surface area contributed by atoms with Crippen molar-refractivity contribution in [2.45, 2.75) is 0 Å². The number of Topliss-reactive ketones (excluding diaryl/α,β-unsaturated/α-hetero) is 1. The predicted octanol–water partition coefficient (Wildman–Crippen LogP) is 5.94. The van der Waals surface area contributed by atoms with Crippen LogP contribution in [0.2, 0.25) is 5.02 Å². The largest absolute Gasteiger partial charge is 0.452 e. The van der Waals surface area contributed by atoms with Crippen LogP contribution in [0.15, 0.2) is 77.0 Å². The average molecular weight is 456 g/mol. The normalized spacial score (nSPS) is 13.9. The fourth-order valence-electron chi connectivity index (χ4n) is 2.72. The third-order valence-corrected chi connectivity index (χ3v) is 5.00. The first-order valence-corrected chi connectivity index (χ1v) is 9.49.